The second kappa shape index (κ2) is 4.80. The average molecular weight is 202 g/mol. The van der Waals surface area contributed by atoms with Crippen molar-refractivity contribution in [1.29, 1.82) is 0 Å². The van der Waals surface area contributed by atoms with Crippen LogP contribution in [0.3, 0.4) is 0 Å². The van der Waals surface area contributed by atoms with Gasteiger partial charge in [-0.25, -0.2) is 0 Å². The normalized spacial score (nSPS) is 19.3. The molecule has 0 aromatic heterocycles. The van der Waals surface area contributed by atoms with E-state index in [1.165, 1.54) is 37.1 Å². The molecule has 1 aliphatic heterocycles. The van der Waals surface area contributed by atoms with Crippen molar-refractivity contribution < 1.29 is 0 Å². The summed E-state index contributed by atoms with van der Waals surface area (Å²) in [6, 6.07) is 8.46. The molecule has 0 atom stereocenters. The van der Waals surface area contributed by atoms with Crippen LogP contribution in [0.15, 0.2) is 24.3 Å². The molecule has 0 aliphatic carbocycles. The van der Waals surface area contributed by atoms with Gasteiger partial charge in [-0.2, -0.15) is 0 Å². The highest BCUT2D eigenvalue weighted by molar-refractivity contribution is 5.29. The van der Waals surface area contributed by atoms with Gasteiger partial charge >= 0.3 is 0 Å². The molecule has 0 saturated carbocycles. The van der Waals surface area contributed by atoms with Gasteiger partial charge in [0.25, 0.3) is 0 Å². The van der Waals surface area contributed by atoms with E-state index in [4.69, 9.17) is 0 Å². The Labute approximate surface area is 93.1 Å². The van der Waals surface area contributed by atoms with E-state index in [0.717, 1.165) is 12.5 Å². The maximum Gasteiger partial charge on any atom is 0.0236 e. The lowest BCUT2D eigenvalue weighted by Gasteiger charge is -2.30. The fourth-order valence-corrected chi connectivity index (χ4v) is 2.17. The van der Waals surface area contributed by atoms with Crippen LogP contribution in [0.25, 0.3) is 0 Å². The van der Waals surface area contributed by atoms with Gasteiger partial charge in [-0.05, 0) is 49.9 Å². The van der Waals surface area contributed by atoms with Crippen LogP contribution in [-0.4, -0.2) is 18.0 Å². The summed E-state index contributed by atoms with van der Waals surface area (Å²) >= 11 is 0. The van der Waals surface area contributed by atoms with Gasteiger partial charge in [-0.15, -0.1) is 0 Å². The molecule has 0 spiro atoms. The predicted octanol–water partition coefficient (Wildman–Crippen LogP) is 3.10. The molecular weight excluding hydrogens is 182 g/mol. The van der Waals surface area contributed by atoms with Crippen molar-refractivity contribution in [2.75, 3.05) is 13.1 Å². The Morgan fingerprint density at radius 2 is 1.93 bits per heavy atom. The van der Waals surface area contributed by atoms with Crippen molar-refractivity contribution in [2.24, 2.45) is 5.92 Å². The quantitative estimate of drug-likeness (QED) is 0.712. The van der Waals surface area contributed by atoms with Gasteiger partial charge in [0.15, 0.2) is 0 Å². The maximum atomic E-state index is 4.07. The van der Waals surface area contributed by atoms with Crippen molar-refractivity contribution >= 4 is 0 Å². The third kappa shape index (κ3) is 2.82. The van der Waals surface area contributed by atoms with Gasteiger partial charge in [-0.3, -0.25) is 4.90 Å². The summed E-state index contributed by atoms with van der Waals surface area (Å²) in [4.78, 5) is 2.55. The molecule has 1 fully saturated rings. The zero-order valence-electron chi connectivity index (χ0n) is 9.58. The van der Waals surface area contributed by atoms with E-state index in [-0.39, 0.29) is 0 Å². The minimum absolute atomic E-state index is 0.913. The Balaban J connectivity index is 1.95. The Morgan fingerprint density at radius 3 is 2.60 bits per heavy atom. The molecule has 1 nitrogen and oxygen atoms in total. The lowest BCUT2D eigenvalue weighted by Crippen LogP contribution is -2.32. The van der Waals surface area contributed by atoms with Crippen LogP contribution in [0, 0.1) is 12.8 Å². The molecule has 0 unspecified atom stereocenters. The smallest absolute Gasteiger partial charge is 0.0236 e. The summed E-state index contributed by atoms with van der Waals surface area (Å²) < 4.78 is 0. The monoisotopic (exact) mass is 202 g/mol. The van der Waals surface area contributed by atoms with E-state index < -0.39 is 0 Å². The Bertz CT molecular complexity index is 311. The van der Waals surface area contributed by atoms with Crippen LogP contribution in [0.1, 0.15) is 30.9 Å². The van der Waals surface area contributed by atoms with Crippen LogP contribution in [0.2, 0.25) is 0 Å². The van der Waals surface area contributed by atoms with E-state index in [1.807, 2.05) is 0 Å². The summed E-state index contributed by atoms with van der Waals surface area (Å²) in [5, 5.41) is 0. The second-order valence-corrected chi connectivity index (χ2v) is 4.73. The van der Waals surface area contributed by atoms with Gasteiger partial charge in [0.1, 0.15) is 0 Å². The minimum atomic E-state index is 0.913. The van der Waals surface area contributed by atoms with Crippen molar-refractivity contribution in [3.05, 3.63) is 42.3 Å². The number of nitrogens with zero attached hydrogens (tertiary/aromatic N) is 1. The molecule has 15 heavy (non-hydrogen) atoms. The lowest BCUT2D eigenvalue weighted by molar-refractivity contribution is 0.185. The third-order valence-corrected chi connectivity index (χ3v) is 3.39. The SMILES string of the molecule is [CH2]c1ccccc1CN1CCC(C)CC1. The van der Waals surface area contributed by atoms with Gasteiger partial charge < -0.3 is 0 Å². The number of benzene rings is 1. The average Bonchev–Trinajstić information content (AvgIpc) is 2.25. The Hall–Kier alpha value is -0.820. The fourth-order valence-electron chi connectivity index (χ4n) is 2.17. The van der Waals surface area contributed by atoms with E-state index in [2.05, 4.69) is 43.0 Å². The maximum absolute atomic E-state index is 4.07. The van der Waals surface area contributed by atoms with Crippen LogP contribution < -0.4 is 0 Å². The van der Waals surface area contributed by atoms with Crippen LogP contribution in [0.5, 0.6) is 0 Å². The molecule has 0 bridgehead atoms. The summed E-state index contributed by atoms with van der Waals surface area (Å²) in [6.07, 6.45) is 2.69. The van der Waals surface area contributed by atoms with Gasteiger partial charge in [0.2, 0.25) is 0 Å². The van der Waals surface area contributed by atoms with Gasteiger partial charge in [0, 0.05) is 6.54 Å². The largest absolute Gasteiger partial charge is 0.299 e. The number of hydrogen-bond donors (Lipinski definition) is 0. The number of likely N-dealkylation sites (tertiary alicyclic amines) is 1. The highest BCUT2D eigenvalue weighted by Crippen LogP contribution is 2.19. The first-order valence-electron chi connectivity index (χ1n) is 5.88. The van der Waals surface area contributed by atoms with Crippen LogP contribution in [0.4, 0.5) is 0 Å². The van der Waals surface area contributed by atoms with E-state index in [9.17, 15) is 0 Å². The second-order valence-electron chi connectivity index (χ2n) is 4.73. The molecule has 1 aromatic carbocycles. The summed E-state index contributed by atoms with van der Waals surface area (Å²) in [5.41, 5.74) is 2.56. The van der Waals surface area contributed by atoms with Crippen LogP contribution in [-0.2, 0) is 6.54 Å². The van der Waals surface area contributed by atoms with E-state index >= 15 is 0 Å². The first-order valence-corrected chi connectivity index (χ1v) is 5.88. The first kappa shape index (κ1) is 10.7. The summed E-state index contributed by atoms with van der Waals surface area (Å²) in [5.74, 6) is 0.913. The van der Waals surface area contributed by atoms with Crippen molar-refractivity contribution in [3.63, 3.8) is 0 Å². The van der Waals surface area contributed by atoms with E-state index in [0.29, 0.717) is 0 Å². The van der Waals surface area contributed by atoms with Crippen molar-refractivity contribution in [3.8, 4) is 0 Å². The highest BCUT2D eigenvalue weighted by atomic mass is 15.1. The Kier molecular flexibility index (Phi) is 3.42. The molecule has 1 saturated heterocycles. The first-order chi connectivity index (χ1) is 7.25. The lowest BCUT2D eigenvalue weighted by atomic mass is 9.98. The topological polar surface area (TPSA) is 3.24 Å². The van der Waals surface area contributed by atoms with Crippen LogP contribution >= 0.6 is 0 Å². The molecule has 0 N–H and O–H groups in total. The highest BCUT2D eigenvalue weighted by Gasteiger charge is 2.15. The molecule has 1 aromatic rings. The molecular formula is C14H20N. The fraction of sp³-hybridized carbons (Fsp3) is 0.500. The molecule has 1 radical (unpaired) electrons. The molecule has 81 valence electrons. The molecule has 0 amide bonds. The van der Waals surface area contributed by atoms with Gasteiger partial charge in [0.05, 0.1) is 0 Å². The summed E-state index contributed by atoms with van der Waals surface area (Å²) in [7, 11) is 0. The van der Waals surface area contributed by atoms with Crippen molar-refractivity contribution in [1.82, 2.24) is 4.90 Å². The standard InChI is InChI=1S/C14H20N/c1-12-7-9-15(10-8-12)11-14-6-4-3-5-13(14)2/h3-6,12H,2,7-11H2,1H3. The Morgan fingerprint density at radius 1 is 1.27 bits per heavy atom. The predicted molar refractivity (Wildman–Crippen MR) is 64.6 cm³/mol. The third-order valence-electron chi connectivity index (χ3n) is 3.39. The number of piperidine rings is 1. The van der Waals surface area contributed by atoms with Gasteiger partial charge in [-0.1, -0.05) is 31.2 Å². The molecule has 1 aliphatic rings. The number of rotatable bonds is 2. The zero-order valence-corrected chi connectivity index (χ0v) is 9.58. The van der Waals surface area contributed by atoms with Crippen molar-refractivity contribution in [2.45, 2.75) is 26.3 Å². The summed E-state index contributed by atoms with van der Waals surface area (Å²) in [6.45, 7) is 9.99. The molecule has 2 rings (SSSR count). The molecule has 1 heterocycles. The zero-order chi connectivity index (χ0) is 10.7. The van der Waals surface area contributed by atoms with E-state index in [1.54, 1.807) is 0 Å². The minimum Gasteiger partial charge on any atom is -0.299 e. The number of hydrogen-bond acceptors (Lipinski definition) is 1. The molecule has 1 heteroatoms.